The summed E-state index contributed by atoms with van der Waals surface area (Å²) in [5.41, 5.74) is 0.769. The standard InChI is InChI=1S/C25H29Cl2N3O3S2/c1-17(2)23(29-35(31,32)25-9-8-24(34-25)22-5-3-4-12-28-22)16-30-13-10-18(11-14-30)33-19-6-7-20(26)21(27)15-19/h3-9,12,15,17-18,23,29H,10-11,13-14,16H2,1-2H3. The Morgan fingerprint density at radius 3 is 2.54 bits per heavy atom. The third-order valence-electron chi connectivity index (χ3n) is 6.06. The van der Waals surface area contributed by atoms with E-state index in [1.807, 2.05) is 44.2 Å². The molecule has 1 unspecified atom stereocenters. The maximum Gasteiger partial charge on any atom is 0.250 e. The van der Waals surface area contributed by atoms with Crippen molar-refractivity contribution in [3.63, 3.8) is 0 Å². The molecule has 0 spiro atoms. The van der Waals surface area contributed by atoms with E-state index in [0.717, 1.165) is 36.5 Å². The second-order valence-corrected chi connectivity index (χ2v) is 12.8. The van der Waals surface area contributed by atoms with E-state index < -0.39 is 10.0 Å². The van der Waals surface area contributed by atoms with E-state index in [1.54, 1.807) is 24.4 Å². The average molecular weight is 555 g/mol. The van der Waals surface area contributed by atoms with Gasteiger partial charge in [0, 0.05) is 37.9 Å². The van der Waals surface area contributed by atoms with Crippen LogP contribution in [0.5, 0.6) is 5.75 Å². The molecule has 1 atom stereocenters. The van der Waals surface area contributed by atoms with Gasteiger partial charge in [-0.05, 0) is 55.2 Å². The van der Waals surface area contributed by atoms with Crippen molar-refractivity contribution in [3.8, 4) is 16.3 Å². The minimum absolute atomic E-state index is 0.0915. The van der Waals surface area contributed by atoms with Crippen LogP contribution in [0.4, 0.5) is 0 Å². The molecule has 0 bridgehead atoms. The zero-order chi connectivity index (χ0) is 25.0. The van der Waals surface area contributed by atoms with Gasteiger partial charge in [-0.2, -0.15) is 0 Å². The SMILES string of the molecule is CC(C)C(CN1CCC(Oc2ccc(Cl)c(Cl)c2)CC1)NS(=O)(=O)c1ccc(-c2ccccn2)s1. The molecule has 1 aliphatic rings. The van der Waals surface area contributed by atoms with Crippen molar-refractivity contribution in [2.75, 3.05) is 19.6 Å². The van der Waals surface area contributed by atoms with Gasteiger partial charge >= 0.3 is 0 Å². The van der Waals surface area contributed by atoms with E-state index in [-0.39, 0.29) is 18.1 Å². The van der Waals surface area contributed by atoms with Gasteiger partial charge in [0.15, 0.2) is 0 Å². The van der Waals surface area contributed by atoms with E-state index in [4.69, 9.17) is 27.9 Å². The van der Waals surface area contributed by atoms with Crippen molar-refractivity contribution >= 4 is 44.6 Å². The number of ether oxygens (including phenoxy) is 1. The number of hydrogen-bond acceptors (Lipinski definition) is 6. The molecular formula is C25H29Cl2N3O3S2. The number of sulfonamides is 1. The van der Waals surface area contributed by atoms with Crippen LogP contribution in [0.25, 0.3) is 10.6 Å². The van der Waals surface area contributed by atoms with Crippen LogP contribution in [0.15, 0.2) is 58.9 Å². The molecule has 1 aliphatic heterocycles. The maximum absolute atomic E-state index is 13.2. The van der Waals surface area contributed by atoms with Gasteiger partial charge < -0.3 is 9.64 Å². The molecule has 4 rings (SSSR count). The molecular weight excluding hydrogens is 525 g/mol. The molecule has 35 heavy (non-hydrogen) atoms. The number of piperidine rings is 1. The lowest BCUT2D eigenvalue weighted by molar-refractivity contribution is 0.0929. The molecule has 0 amide bonds. The van der Waals surface area contributed by atoms with Crippen molar-refractivity contribution < 1.29 is 13.2 Å². The zero-order valence-electron chi connectivity index (χ0n) is 19.7. The molecule has 0 radical (unpaired) electrons. The van der Waals surface area contributed by atoms with Gasteiger partial charge in [0.2, 0.25) is 10.0 Å². The fourth-order valence-electron chi connectivity index (χ4n) is 3.98. The van der Waals surface area contributed by atoms with Gasteiger partial charge in [-0.15, -0.1) is 11.3 Å². The predicted molar refractivity (Wildman–Crippen MR) is 143 cm³/mol. The van der Waals surface area contributed by atoms with Crippen LogP contribution < -0.4 is 9.46 Å². The Hall–Kier alpha value is -1.68. The van der Waals surface area contributed by atoms with Crippen molar-refractivity contribution in [1.29, 1.82) is 0 Å². The normalized spacial score (nSPS) is 16.5. The quantitative estimate of drug-likeness (QED) is 0.353. The second kappa shape index (κ2) is 11.6. The van der Waals surface area contributed by atoms with Crippen molar-refractivity contribution in [2.24, 2.45) is 5.92 Å². The lowest BCUT2D eigenvalue weighted by atomic mass is 10.0. The Morgan fingerprint density at radius 2 is 1.89 bits per heavy atom. The van der Waals surface area contributed by atoms with E-state index >= 15 is 0 Å². The molecule has 1 N–H and O–H groups in total. The van der Waals surface area contributed by atoms with Crippen LogP contribution in [0.1, 0.15) is 26.7 Å². The number of aromatic nitrogens is 1. The molecule has 1 aromatic carbocycles. The van der Waals surface area contributed by atoms with E-state index in [9.17, 15) is 8.42 Å². The fourth-order valence-corrected chi connectivity index (χ4v) is 6.95. The first kappa shape index (κ1) is 26.4. The lowest BCUT2D eigenvalue weighted by Gasteiger charge is -2.35. The lowest BCUT2D eigenvalue weighted by Crippen LogP contribution is -2.49. The van der Waals surface area contributed by atoms with Crippen LogP contribution in [0.2, 0.25) is 10.0 Å². The Bertz CT molecular complexity index is 1230. The number of rotatable bonds is 9. The van der Waals surface area contributed by atoms with Gasteiger partial charge in [0.1, 0.15) is 16.1 Å². The van der Waals surface area contributed by atoms with Crippen LogP contribution >= 0.6 is 34.5 Å². The van der Waals surface area contributed by atoms with E-state index in [2.05, 4.69) is 14.6 Å². The maximum atomic E-state index is 13.2. The summed E-state index contributed by atoms with van der Waals surface area (Å²) in [5, 5.41) is 0.984. The minimum atomic E-state index is -3.64. The average Bonchev–Trinajstić information content (AvgIpc) is 3.34. The van der Waals surface area contributed by atoms with Crippen molar-refractivity contribution in [2.45, 2.75) is 43.0 Å². The summed E-state index contributed by atoms with van der Waals surface area (Å²) >= 11 is 13.3. The Morgan fingerprint density at radius 1 is 1.11 bits per heavy atom. The predicted octanol–water partition coefficient (Wildman–Crippen LogP) is 5.96. The highest BCUT2D eigenvalue weighted by molar-refractivity contribution is 7.91. The number of benzene rings is 1. The smallest absolute Gasteiger partial charge is 0.250 e. The van der Waals surface area contributed by atoms with E-state index in [0.29, 0.717) is 26.5 Å². The molecule has 0 aliphatic carbocycles. The number of pyridine rings is 1. The number of halogens is 2. The number of thiophene rings is 1. The molecule has 188 valence electrons. The Kier molecular flexibility index (Phi) is 8.73. The van der Waals surface area contributed by atoms with Crippen LogP contribution in [-0.4, -0.2) is 50.1 Å². The number of hydrogen-bond donors (Lipinski definition) is 1. The Labute approximate surface area is 221 Å². The highest BCUT2D eigenvalue weighted by atomic mass is 35.5. The summed E-state index contributed by atoms with van der Waals surface area (Å²) in [4.78, 5) is 7.45. The zero-order valence-corrected chi connectivity index (χ0v) is 22.8. The third-order valence-corrected chi connectivity index (χ3v) is 9.89. The summed E-state index contributed by atoms with van der Waals surface area (Å²) in [7, 11) is -3.64. The molecule has 0 saturated carbocycles. The first-order valence-electron chi connectivity index (χ1n) is 11.6. The van der Waals surface area contributed by atoms with Gasteiger partial charge in [-0.1, -0.05) is 43.1 Å². The number of likely N-dealkylation sites (tertiary alicyclic amines) is 1. The van der Waals surface area contributed by atoms with Crippen molar-refractivity contribution in [1.82, 2.24) is 14.6 Å². The summed E-state index contributed by atoms with van der Waals surface area (Å²) in [5.74, 6) is 0.858. The Balaban J connectivity index is 1.34. The molecule has 10 heteroatoms. The number of nitrogens with one attached hydrogen (secondary N) is 1. The van der Waals surface area contributed by atoms with Gasteiger partial charge in [0.05, 0.1) is 20.6 Å². The van der Waals surface area contributed by atoms with Crippen LogP contribution in [0, 0.1) is 5.92 Å². The largest absolute Gasteiger partial charge is 0.490 e. The summed E-state index contributed by atoms with van der Waals surface area (Å²) in [6.45, 7) is 6.40. The minimum Gasteiger partial charge on any atom is -0.490 e. The monoisotopic (exact) mass is 553 g/mol. The fraction of sp³-hybridized carbons (Fsp3) is 0.400. The summed E-state index contributed by atoms with van der Waals surface area (Å²) < 4.78 is 35.7. The van der Waals surface area contributed by atoms with Crippen molar-refractivity contribution in [3.05, 3.63) is 64.8 Å². The molecule has 1 saturated heterocycles. The highest BCUT2D eigenvalue weighted by Crippen LogP contribution is 2.30. The molecule has 6 nitrogen and oxygen atoms in total. The van der Waals surface area contributed by atoms with Crippen LogP contribution in [0.3, 0.4) is 0 Å². The van der Waals surface area contributed by atoms with Gasteiger partial charge in [0.25, 0.3) is 0 Å². The molecule has 3 heterocycles. The third kappa shape index (κ3) is 6.96. The molecule has 2 aromatic heterocycles. The summed E-state index contributed by atoms with van der Waals surface area (Å²) in [6, 6.07) is 14.2. The van der Waals surface area contributed by atoms with Gasteiger partial charge in [-0.3, -0.25) is 4.98 Å². The van der Waals surface area contributed by atoms with Gasteiger partial charge in [-0.25, -0.2) is 13.1 Å². The molecule has 1 fully saturated rings. The highest BCUT2D eigenvalue weighted by Gasteiger charge is 2.28. The first-order chi connectivity index (χ1) is 16.7. The topological polar surface area (TPSA) is 71.5 Å². The molecule has 3 aromatic rings. The number of nitrogens with zero attached hydrogens (tertiary/aromatic N) is 2. The van der Waals surface area contributed by atoms with E-state index in [1.165, 1.54) is 11.3 Å². The summed E-state index contributed by atoms with van der Waals surface area (Å²) in [6.07, 6.45) is 3.51. The second-order valence-electron chi connectivity index (χ2n) is 9.00. The van der Waals surface area contributed by atoms with Crippen LogP contribution in [-0.2, 0) is 10.0 Å². The first-order valence-corrected chi connectivity index (χ1v) is 14.6.